The maximum absolute atomic E-state index is 11.8. The molecule has 1 aliphatic heterocycles. The first-order valence-electron chi connectivity index (χ1n) is 9.17. The van der Waals surface area contributed by atoms with E-state index in [2.05, 4.69) is 45.1 Å². The third-order valence-corrected chi connectivity index (χ3v) is 4.73. The van der Waals surface area contributed by atoms with Crippen LogP contribution in [0.15, 0.2) is 36.4 Å². The summed E-state index contributed by atoms with van der Waals surface area (Å²) in [4.78, 5) is 11.8. The molecular formula is C22H27NO3. The van der Waals surface area contributed by atoms with Crippen LogP contribution in [0.5, 0.6) is 5.75 Å². The number of ether oxygens (including phenoxy) is 2. The standard InChI is InChI=1S/C22H27NO3/c1-6-25-21(24)15-7-9-16(10-8-15)23-17-11-18(14(2)3)20-19(12-17)22(4,5)13-26-20/h7-12,14,23H,6,13H2,1-5H3. The molecule has 0 saturated heterocycles. The van der Waals surface area contributed by atoms with E-state index in [0.29, 0.717) is 24.7 Å². The highest BCUT2D eigenvalue weighted by molar-refractivity contribution is 5.90. The molecule has 26 heavy (non-hydrogen) atoms. The SMILES string of the molecule is CCOC(=O)c1ccc(Nc2cc(C(C)C)c3c(c2)C(C)(C)CO3)cc1. The number of hydrogen-bond donors (Lipinski definition) is 1. The van der Waals surface area contributed by atoms with Crippen molar-refractivity contribution < 1.29 is 14.3 Å². The summed E-state index contributed by atoms with van der Waals surface area (Å²) in [5, 5.41) is 3.46. The van der Waals surface area contributed by atoms with Crippen molar-refractivity contribution in [2.45, 2.75) is 46.0 Å². The maximum Gasteiger partial charge on any atom is 0.338 e. The Bertz CT molecular complexity index is 807. The van der Waals surface area contributed by atoms with Gasteiger partial charge in [0.2, 0.25) is 0 Å². The summed E-state index contributed by atoms with van der Waals surface area (Å²) in [7, 11) is 0. The Balaban J connectivity index is 1.89. The molecule has 1 aliphatic rings. The van der Waals surface area contributed by atoms with Crippen LogP contribution in [0.1, 0.15) is 62.0 Å². The van der Waals surface area contributed by atoms with Gasteiger partial charge in [-0.3, -0.25) is 0 Å². The lowest BCUT2D eigenvalue weighted by molar-refractivity contribution is 0.0526. The van der Waals surface area contributed by atoms with E-state index in [9.17, 15) is 4.79 Å². The lowest BCUT2D eigenvalue weighted by Gasteiger charge is -2.19. The van der Waals surface area contributed by atoms with Gasteiger partial charge in [-0.05, 0) is 54.8 Å². The van der Waals surface area contributed by atoms with Crippen molar-refractivity contribution in [1.82, 2.24) is 0 Å². The Hall–Kier alpha value is -2.49. The summed E-state index contributed by atoms with van der Waals surface area (Å²) < 4.78 is 11.0. The van der Waals surface area contributed by atoms with Gasteiger partial charge < -0.3 is 14.8 Å². The van der Waals surface area contributed by atoms with Crippen molar-refractivity contribution in [2.24, 2.45) is 0 Å². The van der Waals surface area contributed by atoms with E-state index in [-0.39, 0.29) is 11.4 Å². The average molecular weight is 353 g/mol. The van der Waals surface area contributed by atoms with Gasteiger partial charge in [0, 0.05) is 22.4 Å². The topological polar surface area (TPSA) is 47.6 Å². The van der Waals surface area contributed by atoms with Gasteiger partial charge in [-0.1, -0.05) is 27.7 Å². The fraction of sp³-hybridized carbons (Fsp3) is 0.409. The van der Waals surface area contributed by atoms with Crippen LogP contribution in [0.25, 0.3) is 0 Å². The quantitative estimate of drug-likeness (QED) is 0.731. The number of rotatable bonds is 5. The van der Waals surface area contributed by atoms with Crippen LogP contribution in [-0.4, -0.2) is 19.2 Å². The fourth-order valence-corrected chi connectivity index (χ4v) is 3.22. The van der Waals surface area contributed by atoms with Crippen molar-refractivity contribution in [3.8, 4) is 5.75 Å². The summed E-state index contributed by atoms with van der Waals surface area (Å²) >= 11 is 0. The second-order valence-corrected chi connectivity index (χ2v) is 7.69. The molecule has 0 saturated carbocycles. The molecule has 138 valence electrons. The van der Waals surface area contributed by atoms with Gasteiger partial charge in [-0.15, -0.1) is 0 Å². The third-order valence-electron chi connectivity index (χ3n) is 4.73. The first-order valence-corrected chi connectivity index (χ1v) is 9.17. The highest BCUT2D eigenvalue weighted by Crippen LogP contribution is 2.45. The summed E-state index contributed by atoms with van der Waals surface area (Å²) in [5.74, 6) is 1.12. The van der Waals surface area contributed by atoms with Crippen LogP contribution < -0.4 is 10.1 Å². The molecule has 1 N–H and O–H groups in total. The van der Waals surface area contributed by atoms with Crippen molar-refractivity contribution in [3.63, 3.8) is 0 Å². The van der Waals surface area contributed by atoms with E-state index in [1.807, 2.05) is 12.1 Å². The first-order chi connectivity index (χ1) is 12.3. The zero-order valence-corrected chi connectivity index (χ0v) is 16.2. The van der Waals surface area contributed by atoms with Crippen LogP contribution in [0.3, 0.4) is 0 Å². The zero-order chi connectivity index (χ0) is 18.9. The van der Waals surface area contributed by atoms with E-state index in [0.717, 1.165) is 17.1 Å². The van der Waals surface area contributed by atoms with E-state index in [1.54, 1.807) is 19.1 Å². The number of fused-ring (bicyclic) bond motifs is 1. The Morgan fingerprint density at radius 2 is 1.88 bits per heavy atom. The van der Waals surface area contributed by atoms with Crippen LogP contribution >= 0.6 is 0 Å². The van der Waals surface area contributed by atoms with Crippen LogP contribution in [0.4, 0.5) is 11.4 Å². The van der Waals surface area contributed by atoms with Crippen molar-refractivity contribution in [1.29, 1.82) is 0 Å². The van der Waals surface area contributed by atoms with E-state index < -0.39 is 0 Å². The predicted molar refractivity (Wildman–Crippen MR) is 105 cm³/mol. The molecule has 0 aliphatic carbocycles. The molecule has 0 atom stereocenters. The van der Waals surface area contributed by atoms with Gasteiger partial charge in [0.25, 0.3) is 0 Å². The number of hydrogen-bond acceptors (Lipinski definition) is 4. The molecule has 0 spiro atoms. The molecule has 0 bridgehead atoms. The number of nitrogens with one attached hydrogen (secondary N) is 1. The molecule has 0 aromatic heterocycles. The maximum atomic E-state index is 11.8. The fourth-order valence-electron chi connectivity index (χ4n) is 3.22. The smallest absolute Gasteiger partial charge is 0.338 e. The first kappa shape index (κ1) is 18.3. The van der Waals surface area contributed by atoms with Crippen LogP contribution in [0, 0.1) is 0 Å². The highest BCUT2D eigenvalue weighted by atomic mass is 16.5. The molecule has 0 fully saturated rings. The molecule has 1 heterocycles. The van der Waals surface area contributed by atoms with Gasteiger partial charge in [0.05, 0.1) is 18.8 Å². The number of carbonyl (C=O) groups excluding carboxylic acids is 1. The van der Waals surface area contributed by atoms with Gasteiger partial charge in [0.15, 0.2) is 0 Å². The second kappa shape index (κ2) is 7.02. The molecule has 0 amide bonds. The minimum atomic E-state index is -0.294. The van der Waals surface area contributed by atoms with Gasteiger partial charge in [-0.2, -0.15) is 0 Å². The number of esters is 1. The van der Waals surface area contributed by atoms with Crippen molar-refractivity contribution >= 4 is 17.3 Å². The van der Waals surface area contributed by atoms with E-state index in [4.69, 9.17) is 9.47 Å². The Kier molecular flexibility index (Phi) is 4.94. The molecular weight excluding hydrogens is 326 g/mol. The number of carbonyl (C=O) groups is 1. The minimum Gasteiger partial charge on any atom is -0.492 e. The molecule has 2 aromatic carbocycles. The zero-order valence-electron chi connectivity index (χ0n) is 16.2. The molecule has 4 nitrogen and oxygen atoms in total. The normalized spacial score (nSPS) is 14.7. The lowest BCUT2D eigenvalue weighted by atomic mass is 9.84. The summed E-state index contributed by atoms with van der Waals surface area (Å²) in [6, 6.07) is 11.7. The third kappa shape index (κ3) is 3.55. The Labute approximate surface area is 155 Å². The monoisotopic (exact) mass is 353 g/mol. The molecule has 3 rings (SSSR count). The highest BCUT2D eigenvalue weighted by Gasteiger charge is 2.34. The number of benzene rings is 2. The summed E-state index contributed by atoms with van der Waals surface area (Å²) in [5.41, 5.74) is 5.00. The molecule has 0 radical (unpaired) electrons. The summed E-state index contributed by atoms with van der Waals surface area (Å²) in [6.45, 7) is 11.7. The van der Waals surface area contributed by atoms with Crippen LogP contribution in [-0.2, 0) is 10.2 Å². The Morgan fingerprint density at radius 3 is 2.50 bits per heavy atom. The van der Waals surface area contributed by atoms with Gasteiger partial charge >= 0.3 is 5.97 Å². The Morgan fingerprint density at radius 1 is 1.19 bits per heavy atom. The molecule has 2 aromatic rings. The largest absolute Gasteiger partial charge is 0.492 e. The average Bonchev–Trinajstić information content (AvgIpc) is 2.90. The van der Waals surface area contributed by atoms with Crippen LogP contribution in [0.2, 0.25) is 0 Å². The van der Waals surface area contributed by atoms with Crippen molar-refractivity contribution in [3.05, 3.63) is 53.1 Å². The summed E-state index contributed by atoms with van der Waals surface area (Å²) in [6.07, 6.45) is 0. The lowest BCUT2D eigenvalue weighted by Crippen LogP contribution is -2.18. The van der Waals surface area contributed by atoms with E-state index in [1.165, 1.54) is 11.1 Å². The minimum absolute atomic E-state index is 0.00440. The van der Waals surface area contributed by atoms with Gasteiger partial charge in [0.1, 0.15) is 5.75 Å². The van der Waals surface area contributed by atoms with Crippen molar-refractivity contribution in [2.75, 3.05) is 18.5 Å². The number of anilines is 2. The van der Waals surface area contributed by atoms with E-state index >= 15 is 0 Å². The predicted octanol–water partition coefficient (Wildman–Crippen LogP) is 5.40. The molecule has 4 heteroatoms. The van der Waals surface area contributed by atoms with Gasteiger partial charge in [-0.25, -0.2) is 4.79 Å². The second-order valence-electron chi connectivity index (χ2n) is 7.69. The molecule has 0 unspecified atom stereocenters.